The number of halogens is 4. The van der Waals surface area contributed by atoms with Gasteiger partial charge >= 0.3 is 6.18 Å². The number of amides is 1. The number of carbonyl (C=O) groups excluding carboxylic acids is 1. The third-order valence-corrected chi connectivity index (χ3v) is 5.04. The van der Waals surface area contributed by atoms with E-state index in [1.807, 2.05) is 0 Å². The molecule has 170 valence electrons. The Bertz CT molecular complexity index is 1340. The van der Waals surface area contributed by atoms with Crippen molar-refractivity contribution in [2.75, 3.05) is 19.5 Å². The molecule has 2 aromatic heterocycles. The Morgan fingerprint density at radius 3 is 2.36 bits per heavy atom. The first-order chi connectivity index (χ1) is 15.7. The Labute approximate surface area is 190 Å². The van der Waals surface area contributed by atoms with Gasteiger partial charge in [-0.2, -0.15) is 18.3 Å². The number of benzene rings is 2. The Balaban J connectivity index is 1.73. The zero-order valence-electron chi connectivity index (χ0n) is 17.3. The summed E-state index contributed by atoms with van der Waals surface area (Å²) in [5, 5.41) is 6.65. The smallest absolute Gasteiger partial charge is 0.433 e. The van der Waals surface area contributed by atoms with Crippen molar-refractivity contribution in [3.63, 3.8) is 0 Å². The first kappa shape index (κ1) is 22.4. The summed E-state index contributed by atoms with van der Waals surface area (Å²) in [6.07, 6.45) is -4.73. The second-order valence-corrected chi connectivity index (χ2v) is 7.26. The Morgan fingerprint density at radius 2 is 1.76 bits per heavy atom. The minimum absolute atomic E-state index is 0.0753. The number of carbonyl (C=O) groups is 1. The number of nitrogens with zero attached hydrogens (tertiary/aromatic N) is 3. The molecule has 2 heterocycles. The topological polar surface area (TPSA) is 77.8 Å². The molecule has 0 aliphatic rings. The maximum Gasteiger partial charge on any atom is 0.433 e. The largest absolute Gasteiger partial charge is 0.497 e. The molecule has 0 atom stereocenters. The quantitative estimate of drug-likeness (QED) is 0.421. The highest BCUT2D eigenvalue weighted by atomic mass is 35.5. The van der Waals surface area contributed by atoms with Gasteiger partial charge in [-0.1, -0.05) is 11.6 Å². The molecular weight excluding hydrogens is 461 g/mol. The van der Waals surface area contributed by atoms with Crippen LogP contribution < -0.4 is 14.8 Å². The fourth-order valence-electron chi connectivity index (χ4n) is 3.14. The van der Waals surface area contributed by atoms with E-state index in [0.717, 1.165) is 6.07 Å². The van der Waals surface area contributed by atoms with Gasteiger partial charge < -0.3 is 14.8 Å². The lowest BCUT2D eigenvalue weighted by atomic mass is 10.1. The van der Waals surface area contributed by atoms with Gasteiger partial charge in [0.05, 0.1) is 24.9 Å². The monoisotopic (exact) mass is 476 g/mol. The van der Waals surface area contributed by atoms with E-state index < -0.39 is 17.8 Å². The Hall–Kier alpha value is -3.79. The van der Waals surface area contributed by atoms with Crippen LogP contribution in [0.15, 0.2) is 54.6 Å². The number of ether oxygens (including phenoxy) is 2. The summed E-state index contributed by atoms with van der Waals surface area (Å²) < 4.78 is 52.0. The maximum atomic E-state index is 13.8. The van der Waals surface area contributed by atoms with Gasteiger partial charge in [-0.25, -0.2) is 9.50 Å². The molecule has 0 aliphatic heterocycles. The molecule has 0 radical (unpaired) electrons. The third kappa shape index (κ3) is 4.56. The lowest BCUT2D eigenvalue weighted by Crippen LogP contribution is -2.15. The number of nitrogens with one attached hydrogen (secondary N) is 1. The van der Waals surface area contributed by atoms with E-state index in [9.17, 15) is 18.0 Å². The summed E-state index contributed by atoms with van der Waals surface area (Å²) in [7, 11) is 2.93. The van der Waals surface area contributed by atoms with Crippen LogP contribution in [-0.4, -0.2) is 34.7 Å². The van der Waals surface area contributed by atoms with Crippen molar-refractivity contribution in [1.82, 2.24) is 14.6 Å². The molecule has 0 fully saturated rings. The third-order valence-electron chi connectivity index (χ3n) is 4.75. The van der Waals surface area contributed by atoms with Gasteiger partial charge in [0, 0.05) is 17.3 Å². The molecule has 1 amide bonds. The van der Waals surface area contributed by atoms with Gasteiger partial charge in [0.25, 0.3) is 5.91 Å². The molecule has 0 unspecified atom stereocenters. The summed E-state index contributed by atoms with van der Waals surface area (Å²) in [5.74, 6) is 0.242. The van der Waals surface area contributed by atoms with Crippen LogP contribution in [0, 0.1) is 0 Å². The van der Waals surface area contributed by atoms with Crippen LogP contribution in [0.25, 0.3) is 16.9 Å². The van der Waals surface area contributed by atoms with Gasteiger partial charge in [-0.15, -0.1) is 0 Å². The Morgan fingerprint density at radius 1 is 1.03 bits per heavy atom. The number of aromatic nitrogens is 3. The fraction of sp³-hybridized carbons (Fsp3) is 0.136. The van der Waals surface area contributed by atoms with Crippen LogP contribution >= 0.6 is 11.6 Å². The van der Waals surface area contributed by atoms with Gasteiger partial charge in [0.1, 0.15) is 11.5 Å². The molecule has 4 aromatic rings. The van der Waals surface area contributed by atoms with Crippen molar-refractivity contribution < 1.29 is 27.4 Å². The summed E-state index contributed by atoms with van der Waals surface area (Å²) in [4.78, 5) is 16.9. The van der Waals surface area contributed by atoms with Crippen LogP contribution in [0.3, 0.4) is 0 Å². The molecule has 1 N–H and O–H groups in total. The van der Waals surface area contributed by atoms with E-state index in [1.165, 1.54) is 26.4 Å². The molecule has 2 aromatic carbocycles. The number of rotatable bonds is 5. The molecule has 0 aliphatic carbocycles. The van der Waals surface area contributed by atoms with E-state index in [2.05, 4.69) is 15.4 Å². The minimum atomic E-state index is -4.73. The molecular formula is C22H16ClF3N4O3. The van der Waals surface area contributed by atoms with Gasteiger partial charge in [-0.3, -0.25) is 4.79 Å². The highest BCUT2D eigenvalue weighted by Gasteiger charge is 2.35. The lowest BCUT2D eigenvalue weighted by molar-refractivity contribution is -0.142. The predicted molar refractivity (Wildman–Crippen MR) is 116 cm³/mol. The number of anilines is 1. The molecule has 0 saturated carbocycles. The van der Waals surface area contributed by atoms with E-state index in [4.69, 9.17) is 21.1 Å². The van der Waals surface area contributed by atoms with E-state index in [-0.39, 0.29) is 22.1 Å². The van der Waals surface area contributed by atoms with Crippen molar-refractivity contribution in [3.8, 4) is 22.8 Å². The minimum Gasteiger partial charge on any atom is -0.497 e. The highest BCUT2D eigenvalue weighted by molar-refractivity contribution is 6.32. The summed E-state index contributed by atoms with van der Waals surface area (Å²) in [6, 6.07) is 13.0. The molecule has 0 bridgehead atoms. The number of fused-ring (bicyclic) bond motifs is 1. The number of hydrogen-bond acceptors (Lipinski definition) is 5. The maximum absolute atomic E-state index is 13.8. The molecule has 11 heteroatoms. The zero-order valence-corrected chi connectivity index (χ0v) is 18.0. The zero-order chi connectivity index (χ0) is 23.8. The average molecular weight is 477 g/mol. The van der Waals surface area contributed by atoms with Crippen molar-refractivity contribution in [1.29, 1.82) is 0 Å². The van der Waals surface area contributed by atoms with E-state index >= 15 is 0 Å². The standard InChI is InChI=1S/C22H16ClF3N4O3/c1-32-14-6-3-12(4-7-14)16-10-19(22(24,25)26)30-20(28-16)11-17(29-30)21(31)27-13-5-8-18(33-2)15(23)9-13/h3-11H,1-2H3,(H,27,31). The molecule has 7 nitrogen and oxygen atoms in total. The number of hydrogen-bond donors (Lipinski definition) is 1. The lowest BCUT2D eigenvalue weighted by Gasteiger charge is -2.11. The summed E-state index contributed by atoms with van der Waals surface area (Å²) in [5.41, 5.74) is -0.592. The van der Waals surface area contributed by atoms with Crippen molar-refractivity contribution in [2.45, 2.75) is 6.18 Å². The van der Waals surface area contributed by atoms with E-state index in [1.54, 1.807) is 36.4 Å². The molecule has 0 spiro atoms. The predicted octanol–water partition coefficient (Wildman–Crippen LogP) is 5.34. The first-order valence-corrected chi connectivity index (χ1v) is 9.84. The number of alkyl halides is 3. The average Bonchev–Trinajstić information content (AvgIpc) is 3.22. The van der Waals surface area contributed by atoms with Crippen molar-refractivity contribution >= 4 is 28.8 Å². The summed E-state index contributed by atoms with van der Waals surface area (Å²) >= 11 is 6.05. The van der Waals surface area contributed by atoms with Crippen molar-refractivity contribution in [3.05, 3.63) is 71.0 Å². The molecule has 0 saturated heterocycles. The van der Waals surface area contributed by atoms with Crippen molar-refractivity contribution in [2.24, 2.45) is 0 Å². The van der Waals surface area contributed by atoms with Crippen LogP contribution in [0.1, 0.15) is 16.2 Å². The molecule has 4 rings (SSSR count). The van der Waals surface area contributed by atoms with Gasteiger partial charge in [-0.05, 0) is 48.5 Å². The fourth-order valence-corrected chi connectivity index (χ4v) is 3.39. The Kier molecular flexibility index (Phi) is 5.86. The second kappa shape index (κ2) is 8.62. The first-order valence-electron chi connectivity index (χ1n) is 9.47. The SMILES string of the molecule is COc1ccc(-c2cc(C(F)(F)F)n3nc(C(=O)Nc4ccc(OC)c(Cl)c4)cc3n2)cc1. The second-order valence-electron chi connectivity index (χ2n) is 6.86. The van der Waals surface area contributed by atoms with Crippen LogP contribution in [0.5, 0.6) is 11.5 Å². The van der Waals surface area contributed by atoms with Gasteiger partial charge in [0.15, 0.2) is 17.0 Å². The van der Waals surface area contributed by atoms with Crippen LogP contribution in [0.2, 0.25) is 5.02 Å². The van der Waals surface area contributed by atoms with E-state index in [0.29, 0.717) is 27.3 Å². The number of methoxy groups -OCH3 is 2. The molecule has 33 heavy (non-hydrogen) atoms. The highest BCUT2D eigenvalue weighted by Crippen LogP contribution is 2.33. The van der Waals surface area contributed by atoms with Gasteiger partial charge in [0.2, 0.25) is 0 Å². The van der Waals surface area contributed by atoms with Crippen LogP contribution in [-0.2, 0) is 6.18 Å². The van der Waals surface area contributed by atoms with Crippen LogP contribution in [0.4, 0.5) is 18.9 Å². The normalized spacial score (nSPS) is 11.5. The summed E-state index contributed by atoms with van der Waals surface area (Å²) in [6.45, 7) is 0.